The monoisotopic (exact) mass is 223 g/mol. The molecule has 0 spiro atoms. The van der Waals surface area contributed by atoms with Gasteiger partial charge >= 0.3 is 0 Å². The molecule has 0 radical (unpaired) electrons. The van der Waals surface area contributed by atoms with Crippen LogP contribution >= 0.6 is 0 Å². The van der Waals surface area contributed by atoms with Gasteiger partial charge in [-0.3, -0.25) is 0 Å². The second-order valence-corrected chi connectivity index (χ2v) is 4.01. The lowest BCUT2D eigenvalue weighted by molar-refractivity contribution is 0.0285. The average Bonchev–Trinajstić information content (AvgIpc) is 2.26. The van der Waals surface area contributed by atoms with Gasteiger partial charge in [0.05, 0.1) is 18.8 Å². The fourth-order valence-corrected chi connectivity index (χ4v) is 1.38. The molecular formula is C13H21NO2. The highest BCUT2D eigenvalue weighted by atomic mass is 16.6. The average molecular weight is 223 g/mol. The van der Waals surface area contributed by atoms with E-state index in [0.29, 0.717) is 6.61 Å². The Bertz CT molecular complexity index is 295. The predicted octanol–water partition coefficient (Wildman–Crippen LogP) is 3.08. The molecule has 90 valence electrons. The van der Waals surface area contributed by atoms with Gasteiger partial charge in [0.1, 0.15) is 5.75 Å². The fraction of sp³-hybridized carbons (Fsp3) is 0.538. The topological polar surface area (TPSA) is 30.5 Å². The van der Waals surface area contributed by atoms with E-state index in [1.54, 1.807) is 0 Å². The molecule has 3 nitrogen and oxygen atoms in total. The zero-order chi connectivity index (χ0) is 12.0. The normalized spacial score (nSPS) is 12.8. The molecule has 1 N–H and O–H groups in total. The first kappa shape index (κ1) is 13.0. The van der Waals surface area contributed by atoms with Crippen LogP contribution in [0.2, 0.25) is 0 Å². The summed E-state index contributed by atoms with van der Waals surface area (Å²) in [5.41, 5.74) is 4.15. The summed E-state index contributed by atoms with van der Waals surface area (Å²) >= 11 is 0. The Morgan fingerprint density at radius 3 is 2.25 bits per heavy atom. The summed E-state index contributed by atoms with van der Waals surface area (Å²) in [6, 6.07) is 8.26. The van der Waals surface area contributed by atoms with Gasteiger partial charge in [0, 0.05) is 0 Å². The number of hydroxylamine groups is 1. The van der Waals surface area contributed by atoms with E-state index < -0.39 is 0 Å². The highest BCUT2D eigenvalue weighted by Gasteiger charge is 2.05. The van der Waals surface area contributed by atoms with Crippen molar-refractivity contribution in [3.63, 3.8) is 0 Å². The van der Waals surface area contributed by atoms with Gasteiger partial charge in [0.25, 0.3) is 0 Å². The van der Waals surface area contributed by atoms with Gasteiger partial charge in [0.2, 0.25) is 0 Å². The highest BCUT2D eigenvalue weighted by Crippen LogP contribution is 2.18. The lowest BCUT2D eigenvalue weighted by Gasteiger charge is -2.14. The third-order valence-electron chi connectivity index (χ3n) is 2.16. The molecular weight excluding hydrogens is 202 g/mol. The van der Waals surface area contributed by atoms with Crippen molar-refractivity contribution in [2.24, 2.45) is 0 Å². The minimum atomic E-state index is 0.188. The van der Waals surface area contributed by atoms with Crippen molar-refractivity contribution in [3.05, 3.63) is 29.8 Å². The Morgan fingerprint density at radius 2 is 1.75 bits per heavy atom. The third kappa shape index (κ3) is 4.21. The summed E-state index contributed by atoms with van der Waals surface area (Å²) in [7, 11) is 0. The number of benzene rings is 1. The lowest BCUT2D eigenvalue weighted by Crippen LogP contribution is -2.18. The van der Waals surface area contributed by atoms with Crippen LogP contribution in [0, 0.1) is 0 Å². The quantitative estimate of drug-likeness (QED) is 0.752. The summed E-state index contributed by atoms with van der Waals surface area (Å²) in [5, 5.41) is 0. The van der Waals surface area contributed by atoms with E-state index in [4.69, 9.17) is 9.57 Å². The fourth-order valence-electron chi connectivity index (χ4n) is 1.38. The minimum Gasteiger partial charge on any atom is -0.491 e. The maximum Gasteiger partial charge on any atom is 0.119 e. The smallest absolute Gasteiger partial charge is 0.119 e. The summed E-state index contributed by atoms with van der Waals surface area (Å²) in [5.74, 6) is 0.905. The van der Waals surface area contributed by atoms with Crippen LogP contribution < -0.4 is 10.2 Å². The Hall–Kier alpha value is -1.06. The molecule has 0 amide bonds. The van der Waals surface area contributed by atoms with Crippen molar-refractivity contribution in [2.75, 3.05) is 6.61 Å². The second kappa shape index (κ2) is 6.51. The predicted molar refractivity (Wildman–Crippen MR) is 65.4 cm³/mol. The Labute approximate surface area is 97.7 Å². The zero-order valence-corrected chi connectivity index (χ0v) is 10.5. The molecule has 1 unspecified atom stereocenters. The Morgan fingerprint density at radius 1 is 1.12 bits per heavy atom. The molecule has 0 fully saturated rings. The van der Waals surface area contributed by atoms with E-state index in [1.165, 1.54) is 5.56 Å². The van der Waals surface area contributed by atoms with E-state index >= 15 is 0 Å². The molecule has 1 rings (SSSR count). The van der Waals surface area contributed by atoms with Gasteiger partial charge in [-0.05, 0) is 45.4 Å². The lowest BCUT2D eigenvalue weighted by atomic mass is 10.1. The van der Waals surface area contributed by atoms with Crippen molar-refractivity contribution in [2.45, 2.75) is 39.8 Å². The molecule has 1 aromatic rings. The molecule has 1 atom stereocenters. The van der Waals surface area contributed by atoms with Gasteiger partial charge in [-0.25, -0.2) is 0 Å². The van der Waals surface area contributed by atoms with E-state index in [2.05, 4.69) is 24.5 Å². The van der Waals surface area contributed by atoms with Crippen LogP contribution in [0.5, 0.6) is 5.75 Å². The summed E-state index contributed by atoms with van der Waals surface area (Å²) < 4.78 is 5.58. The van der Waals surface area contributed by atoms with Crippen molar-refractivity contribution in [3.8, 4) is 5.75 Å². The first-order valence-electron chi connectivity index (χ1n) is 5.77. The van der Waals surface area contributed by atoms with Gasteiger partial charge in [-0.2, -0.15) is 5.48 Å². The molecule has 16 heavy (non-hydrogen) atoms. The molecule has 0 bridgehead atoms. The summed E-state index contributed by atoms with van der Waals surface area (Å²) in [6.07, 6.45) is 0.213. The number of hydrogen-bond donors (Lipinski definition) is 1. The maximum atomic E-state index is 5.58. The number of hydrogen-bond acceptors (Lipinski definition) is 3. The summed E-state index contributed by atoms with van der Waals surface area (Å²) in [6.45, 7) is 8.73. The van der Waals surface area contributed by atoms with E-state index in [1.807, 2.05) is 32.9 Å². The van der Waals surface area contributed by atoms with Crippen LogP contribution in [0.3, 0.4) is 0 Å². The van der Waals surface area contributed by atoms with Gasteiger partial charge in [-0.1, -0.05) is 12.1 Å². The molecule has 0 heterocycles. The van der Waals surface area contributed by atoms with Gasteiger partial charge in [-0.15, -0.1) is 0 Å². The van der Waals surface area contributed by atoms with Crippen LogP contribution in [0.25, 0.3) is 0 Å². The largest absolute Gasteiger partial charge is 0.491 e. The molecule has 0 saturated heterocycles. The van der Waals surface area contributed by atoms with Crippen molar-refractivity contribution < 1.29 is 9.57 Å². The number of rotatable bonds is 6. The number of ether oxygens (including phenoxy) is 1. The van der Waals surface area contributed by atoms with E-state index in [0.717, 1.165) is 5.75 Å². The third-order valence-corrected chi connectivity index (χ3v) is 2.16. The van der Waals surface area contributed by atoms with Crippen LogP contribution in [0.1, 0.15) is 39.3 Å². The standard InChI is InChI=1S/C13H21NO2/c1-5-15-14-11(4)12-6-8-13(9-7-12)16-10(2)3/h6-11,14H,5H2,1-4H3. The van der Waals surface area contributed by atoms with Crippen molar-refractivity contribution in [1.82, 2.24) is 5.48 Å². The van der Waals surface area contributed by atoms with Crippen molar-refractivity contribution >= 4 is 0 Å². The molecule has 1 aromatic carbocycles. The molecule has 0 aliphatic rings. The molecule has 0 aromatic heterocycles. The SMILES string of the molecule is CCONC(C)c1ccc(OC(C)C)cc1. The van der Waals surface area contributed by atoms with Crippen LogP contribution in [0.4, 0.5) is 0 Å². The second-order valence-electron chi connectivity index (χ2n) is 4.01. The van der Waals surface area contributed by atoms with Crippen molar-refractivity contribution in [1.29, 1.82) is 0 Å². The molecule has 0 aliphatic carbocycles. The van der Waals surface area contributed by atoms with Crippen LogP contribution in [-0.4, -0.2) is 12.7 Å². The number of nitrogens with one attached hydrogen (secondary N) is 1. The Balaban J connectivity index is 2.56. The van der Waals surface area contributed by atoms with Gasteiger partial charge in [0.15, 0.2) is 0 Å². The molecule has 0 aliphatic heterocycles. The zero-order valence-electron chi connectivity index (χ0n) is 10.5. The molecule has 0 saturated carbocycles. The molecule has 3 heteroatoms. The Kier molecular flexibility index (Phi) is 5.29. The van der Waals surface area contributed by atoms with Crippen LogP contribution in [-0.2, 0) is 4.84 Å². The van der Waals surface area contributed by atoms with E-state index in [9.17, 15) is 0 Å². The summed E-state index contributed by atoms with van der Waals surface area (Å²) in [4.78, 5) is 5.16. The minimum absolute atomic E-state index is 0.188. The maximum absolute atomic E-state index is 5.58. The van der Waals surface area contributed by atoms with E-state index in [-0.39, 0.29) is 12.1 Å². The van der Waals surface area contributed by atoms with Crippen LogP contribution in [0.15, 0.2) is 24.3 Å². The first-order chi connectivity index (χ1) is 7.63. The highest BCUT2D eigenvalue weighted by molar-refractivity contribution is 5.28. The first-order valence-corrected chi connectivity index (χ1v) is 5.77. The van der Waals surface area contributed by atoms with Gasteiger partial charge < -0.3 is 9.57 Å².